The summed E-state index contributed by atoms with van der Waals surface area (Å²) in [5, 5.41) is 4.22. The Balaban J connectivity index is 1.31. The Morgan fingerprint density at radius 1 is 1.03 bits per heavy atom. The summed E-state index contributed by atoms with van der Waals surface area (Å²) in [5.41, 5.74) is 2.82. The Kier molecular flexibility index (Phi) is 5.06. The SMILES string of the molecule is c1ccc2sc(Nc3ccc(Oc4nccnc4[C@H]4CCCOC4)cc3)nc2c1. The lowest BCUT2D eigenvalue weighted by Crippen LogP contribution is -2.17. The molecule has 0 radical (unpaired) electrons. The molecule has 146 valence electrons. The number of ether oxygens (including phenoxy) is 2. The number of para-hydroxylation sites is 1. The molecular weight excluding hydrogens is 384 g/mol. The van der Waals surface area contributed by atoms with Gasteiger partial charge in [0.2, 0.25) is 5.88 Å². The van der Waals surface area contributed by atoms with Crippen molar-refractivity contribution in [2.45, 2.75) is 18.8 Å². The van der Waals surface area contributed by atoms with Gasteiger partial charge in [0.25, 0.3) is 0 Å². The van der Waals surface area contributed by atoms with E-state index in [9.17, 15) is 0 Å². The molecule has 1 aliphatic heterocycles. The molecule has 6 nitrogen and oxygen atoms in total. The number of aromatic nitrogens is 3. The van der Waals surface area contributed by atoms with Crippen molar-refractivity contribution in [1.82, 2.24) is 15.0 Å². The summed E-state index contributed by atoms with van der Waals surface area (Å²) in [7, 11) is 0. The molecule has 0 amide bonds. The van der Waals surface area contributed by atoms with Gasteiger partial charge in [-0.25, -0.2) is 9.97 Å². The van der Waals surface area contributed by atoms with Gasteiger partial charge in [-0.3, -0.25) is 4.98 Å². The smallest absolute Gasteiger partial charge is 0.241 e. The second-order valence-electron chi connectivity index (χ2n) is 6.90. The van der Waals surface area contributed by atoms with Crippen molar-refractivity contribution < 1.29 is 9.47 Å². The van der Waals surface area contributed by atoms with E-state index in [1.165, 1.54) is 0 Å². The minimum Gasteiger partial charge on any atom is -0.437 e. The zero-order chi connectivity index (χ0) is 19.5. The van der Waals surface area contributed by atoms with Crippen LogP contribution in [-0.4, -0.2) is 28.2 Å². The van der Waals surface area contributed by atoms with Gasteiger partial charge >= 0.3 is 0 Å². The largest absolute Gasteiger partial charge is 0.437 e. The third-order valence-electron chi connectivity index (χ3n) is 4.85. The van der Waals surface area contributed by atoms with E-state index in [1.807, 2.05) is 42.5 Å². The molecular formula is C22H20N4O2S. The number of thiazole rings is 1. The Labute approximate surface area is 172 Å². The van der Waals surface area contributed by atoms with Gasteiger partial charge in [0.1, 0.15) is 11.4 Å². The quantitative estimate of drug-likeness (QED) is 0.473. The molecule has 0 spiro atoms. The Morgan fingerprint density at radius 2 is 1.90 bits per heavy atom. The molecule has 7 heteroatoms. The van der Waals surface area contributed by atoms with Crippen LogP contribution in [0.2, 0.25) is 0 Å². The molecule has 1 saturated heterocycles. The van der Waals surface area contributed by atoms with E-state index in [1.54, 1.807) is 23.7 Å². The molecule has 0 saturated carbocycles. The average Bonchev–Trinajstić information content (AvgIpc) is 3.18. The van der Waals surface area contributed by atoms with E-state index in [2.05, 4.69) is 26.3 Å². The van der Waals surface area contributed by atoms with Crippen LogP contribution in [0.25, 0.3) is 10.2 Å². The van der Waals surface area contributed by atoms with E-state index in [-0.39, 0.29) is 5.92 Å². The molecule has 0 aliphatic carbocycles. The van der Waals surface area contributed by atoms with E-state index in [0.717, 1.165) is 51.9 Å². The van der Waals surface area contributed by atoms with Gasteiger partial charge in [-0.1, -0.05) is 23.5 Å². The number of nitrogens with zero attached hydrogens (tertiary/aromatic N) is 3. The first kappa shape index (κ1) is 18.0. The van der Waals surface area contributed by atoms with Crippen LogP contribution in [0.3, 0.4) is 0 Å². The molecule has 29 heavy (non-hydrogen) atoms. The van der Waals surface area contributed by atoms with Gasteiger partial charge in [0.05, 0.1) is 16.8 Å². The number of nitrogens with one attached hydrogen (secondary N) is 1. The molecule has 1 atom stereocenters. The fourth-order valence-corrected chi connectivity index (χ4v) is 4.30. The third-order valence-corrected chi connectivity index (χ3v) is 5.80. The highest BCUT2D eigenvalue weighted by Gasteiger charge is 2.22. The summed E-state index contributed by atoms with van der Waals surface area (Å²) >= 11 is 1.63. The highest BCUT2D eigenvalue weighted by molar-refractivity contribution is 7.22. The maximum atomic E-state index is 6.05. The first-order chi connectivity index (χ1) is 14.3. The van der Waals surface area contributed by atoms with Crippen molar-refractivity contribution in [2.75, 3.05) is 18.5 Å². The number of anilines is 2. The Bertz CT molecular complexity index is 1070. The molecule has 0 unspecified atom stereocenters. The van der Waals surface area contributed by atoms with Crippen LogP contribution in [0.1, 0.15) is 24.5 Å². The van der Waals surface area contributed by atoms with Crippen LogP contribution in [0.15, 0.2) is 60.9 Å². The maximum absolute atomic E-state index is 6.05. The number of benzene rings is 2. The first-order valence-electron chi connectivity index (χ1n) is 9.64. The number of hydrogen-bond acceptors (Lipinski definition) is 7. The van der Waals surface area contributed by atoms with Crippen molar-refractivity contribution >= 4 is 32.4 Å². The molecule has 1 aliphatic rings. The number of hydrogen-bond donors (Lipinski definition) is 1. The monoisotopic (exact) mass is 404 g/mol. The van der Waals surface area contributed by atoms with Gasteiger partial charge in [0.15, 0.2) is 5.13 Å². The van der Waals surface area contributed by atoms with Gasteiger partial charge in [-0.05, 0) is 49.2 Å². The summed E-state index contributed by atoms with van der Waals surface area (Å²) in [6.07, 6.45) is 5.44. The molecule has 3 heterocycles. The van der Waals surface area contributed by atoms with Crippen molar-refractivity contribution in [3.05, 3.63) is 66.6 Å². The third kappa shape index (κ3) is 4.06. The summed E-state index contributed by atoms with van der Waals surface area (Å²) in [4.78, 5) is 13.5. The number of fused-ring (bicyclic) bond motifs is 1. The van der Waals surface area contributed by atoms with Crippen molar-refractivity contribution in [1.29, 1.82) is 0 Å². The highest BCUT2D eigenvalue weighted by Crippen LogP contribution is 2.33. The zero-order valence-corrected chi connectivity index (χ0v) is 16.6. The van der Waals surface area contributed by atoms with Gasteiger partial charge in [0, 0.05) is 30.6 Å². The summed E-state index contributed by atoms with van der Waals surface area (Å²) in [5.74, 6) is 1.50. The van der Waals surface area contributed by atoms with E-state index in [0.29, 0.717) is 12.5 Å². The Morgan fingerprint density at radius 3 is 2.72 bits per heavy atom. The molecule has 5 rings (SSSR count). The average molecular weight is 404 g/mol. The lowest BCUT2D eigenvalue weighted by molar-refractivity contribution is 0.0784. The van der Waals surface area contributed by atoms with E-state index < -0.39 is 0 Å². The standard InChI is InChI=1S/C22H20N4O2S/c1-2-6-19-18(5-1)26-22(29-19)25-16-7-9-17(10-8-16)28-21-20(23-11-12-24-21)15-4-3-13-27-14-15/h1-2,5-12,15H,3-4,13-14H2,(H,25,26)/t15-/m0/s1. The zero-order valence-electron chi connectivity index (χ0n) is 15.7. The summed E-state index contributed by atoms with van der Waals surface area (Å²) in [6, 6.07) is 15.9. The summed E-state index contributed by atoms with van der Waals surface area (Å²) in [6.45, 7) is 1.48. The molecule has 2 aromatic heterocycles. The molecule has 1 fully saturated rings. The van der Waals surface area contributed by atoms with Crippen molar-refractivity contribution in [2.24, 2.45) is 0 Å². The molecule has 2 aromatic carbocycles. The van der Waals surface area contributed by atoms with Crippen LogP contribution >= 0.6 is 11.3 Å². The highest BCUT2D eigenvalue weighted by atomic mass is 32.1. The van der Waals surface area contributed by atoms with Crippen molar-refractivity contribution in [3.8, 4) is 11.6 Å². The predicted octanol–water partition coefficient (Wildman–Crippen LogP) is 5.52. The van der Waals surface area contributed by atoms with Gasteiger partial charge < -0.3 is 14.8 Å². The minimum atomic E-state index is 0.229. The molecule has 4 aromatic rings. The fourth-order valence-electron chi connectivity index (χ4n) is 3.42. The second-order valence-corrected chi connectivity index (χ2v) is 7.93. The van der Waals surface area contributed by atoms with Crippen molar-refractivity contribution in [3.63, 3.8) is 0 Å². The van der Waals surface area contributed by atoms with Crippen LogP contribution < -0.4 is 10.1 Å². The van der Waals surface area contributed by atoms with E-state index >= 15 is 0 Å². The Hall–Kier alpha value is -3.03. The maximum Gasteiger partial charge on any atom is 0.241 e. The molecule has 0 bridgehead atoms. The fraction of sp³-hybridized carbons (Fsp3) is 0.227. The van der Waals surface area contributed by atoms with Gasteiger partial charge in [-0.2, -0.15) is 0 Å². The lowest BCUT2D eigenvalue weighted by atomic mass is 9.98. The second kappa shape index (κ2) is 8.14. The first-order valence-corrected chi connectivity index (χ1v) is 10.5. The predicted molar refractivity (Wildman–Crippen MR) is 114 cm³/mol. The van der Waals surface area contributed by atoms with Crippen LogP contribution in [-0.2, 0) is 4.74 Å². The van der Waals surface area contributed by atoms with Crippen LogP contribution in [0.5, 0.6) is 11.6 Å². The summed E-state index contributed by atoms with van der Waals surface area (Å²) < 4.78 is 12.8. The number of rotatable bonds is 5. The van der Waals surface area contributed by atoms with Crippen LogP contribution in [0, 0.1) is 0 Å². The van der Waals surface area contributed by atoms with Gasteiger partial charge in [-0.15, -0.1) is 0 Å². The topological polar surface area (TPSA) is 69.2 Å². The normalized spacial score (nSPS) is 16.6. The lowest BCUT2D eigenvalue weighted by Gasteiger charge is -2.22. The van der Waals surface area contributed by atoms with E-state index in [4.69, 9.17) is 9.47 Å². The minimum absolute atomic E-state index is 0.229. The molecule has 1 N–H and O–H groups in total. The van der Waals surface area contributed by atoms with Crippen LogP contribution in [0.4, 0.5) is 10.8 Å².